The molecule has 1 fully saturated rings. The Morgan fingerprint density at radius 1 is 0.759 bits per heavy atom. The van der Waals surface area contributed by atoms with Gasteiger partial charge in [-0.05, 0) is 31.4 Å². The van der Waals surface area contributed by atoms with Crippen molar-refractivity contribution >= 4 is 0 Å². The molecule has 1 saturated heterocycles. The van der Waals surface area contributed by atoms with Crippen LogP contribution in [-0.4, -0.2) is 11.9 Å². The summed E-state index contributed by atoms with van der Waals surface area (Å²) in [4.78, 5) is 0. The third kappa shape index (κ3) is 10.5. The van der Waals surface area contributed by atoms with Crippen LogP contribution < -0.4 is 4.74 Å². The number of rotatable bonds is 18. The molecule has 0 spiro atoms. The first-order chi connectivity index (χ1) is 14.1. The molecule has 1 aliphatic rings. The average molecular weight is 403 g/mol. The van der Waals surface area contributed by atoms with Gasteiger partial charge in [-0.1, -0.05) is 116 Å². The van der Waals surface area contributed by atoms with Gasteiger partial charge in [0.25, 0.3) is 0 Å². The summed E-state index contributed by atoms with van der Waals surface area (Å²) in [7, 11) is 0. The van der Waals surface area contributed by atoms with E-state index in [9.17, 15) is 0 Å². The lowest BCUT2D eigenvalue weighted by atomic mass is 10.0. The first-order valence-electron chi connectivity index (χ1n) is 12.5. The van der Waals surface area contributed by atoms with Crippen molar-refractivity contribution in [2.75, 3.05) is 0 Å². The molecule has 29 heavy (non-hydrogen) atoms. The van der Waals surface area contributed by atoms with Crippen LogP contribution in [0.1, 0.15) is 117 Å². The van der Waals surface area contributed by atoms with Gasteiger partial charge in [0.05, 0.1) is 0 Å². The quantitative estimate of drug-likeness (QED) is 0.181. The fourth-order valence-corrected chi connectivity index (χ4v) is 4.24. The largest absolute Gasteiger partial charge is 0.460 e. The van der Waals surface area contributed by atoms with Crippen molar-refractivity contribution in [2.24, 2.45) is 5.92 Å². The highest BCUT2D eigenvalue weighted by atomic mass is 16.8. The fourth-order valence-electron chi connectivity index (χ4n) is 4.24. The number of ether oxygens (including phenoxy) is 2. The summed E-state index contributed by atoms with van der Waals surface area (Å²) in [5, 5.41) is 0. The van der Waals surface area contributed by atoms with Crippen molar-refractivity contribution in [1.29, 1.82) is 0 Å². The minimum atomic E-state index is -0.351. The topological polar surface area (TPSA) is 21.8 Å². The van der Waals surface area contributed by atoms with E-state index in [1.807, 2.05) is 30.3 Å². The first kappa shape index (κ1) is 24.3. The third-order valence-corrected chi connectivity index (χ3v) is 6.28. The van der Waals surface area contributed by atoms with Gasteiger partial charge in [-0.3, -0.25) is 0 Å². The molecular weight excluding hydrogens is 356 g/mol. The normalized spacial score (nSPS) is 20.9. The van der Waals surface area contributed by atoms with Crippen molar-refractivity contribution in [3.63, 3.8) is 0 Å². The summed E-state index contributed by atoms with van der Waals surface area (Å²) in [6.45, 7) is 6.78. The Morgan fingerprint density at radius 2 is 1.21 bits per heavy atom. The van der Waals surface area contributed by atoms with Crippen molar-refractivity contribution < 1.29 is 9.47 Å². The van der Waals surface area contributed by atoms with E-state index in [-0.39, 0.29) is 11.9 Å². The van der Waals surface area contributed by atoms with E-state index in [0.29, 0.717) is 0 Å². The van der Waals surface area contributed by atoms with Gasteiger partial charge in [-0.2, -0.15) is 0 Å². The summed E-state index contributed by atoms with van der Waals surface area (Å²) in [5.41, 5.74) is 0. The number of epoxide rings is 1. The molecule has 166 valence electrons. The van der Waals surface area contributed by atoms with Crippen molar-refractivity contribution in [1.82, 2.24) is 0 Å². The molecule has 2 rings (SSSR count). The zero-order valence-electron chi connectivity index (χ0n) is 19.5. The third-order valence-electron chi connectivity index (χ3n) is 6.28. The van der Waals surface area contributed by atoms with Crippen LogP contribution in [0.2, 0.25) is 0 Å². The molecule has 0 aliphatic carbocycles. The van der Waals surface area contributed by atoms with Crippen LogP contribution in [0.4, 0.5) is 0 Å². The smallest absolute Gasteiger partial charge is 0.237 e. The standard InChI is InChI=1S/C27H46O2/c1-24(2)20-16-13-11-9-7-5-4-6-8-10-12-14-19-23-27(25(3)28-27)29-26-21-17-15-18-22-26/h15,17-18,21-22,24-25H,4-14,16,19-20,23H2,1-3H3. The van der Waals surface area contributed by atoms with E-state index in [2.05, 4.69) is 20.8 Å². The molecule has 0 amide bonds. The molecule has 2 atom stereocenters. The zero-order chi connectivity index (χ0) is 20.8. The second kappa shape index (κ2) is 14.1. The number of hydrogen-bond donors (Lipinski definition) is 0. The van der Waals surface area contributed by atoms with Crippen molar-refractivity contribution in [3.05, 3.63) is 30.3 Å². The molecule has 0 bridgehead atoms. The molecule has 1 aromatic rings. The number of para-hydroxylation sites is 1. The van der Waals surface area contributed by atoms with E-state index < -0.39 is 0 Å². The summed E-state index contributed by atoms with van der Waals surface area (Å²) in [5.74, 6) is 1.45. The molecule has 2 unspecified atom stereocenters. The number of hydrogen-bond acceptors (Lipinski definition) is 2. The summed E-state index contributed by atoms with van der Waals surface area (Å²) in [6, 6.07) is 10.1. The predicted octanol–water partition coefficient (Wildman–Crippen LogP) is 8.69. The van der Waals surface area contributed by atoms with Crippen LogP contribution in [0, 0.1) is 5.92 Å². The van der Waals surface area contributed by atoms with Gasteiger partial charge in [0.1, 0.15) is 11.9 Å². The second-order valence-electron chi connectivity index (χ2n) is 9.52. The Kier molecular flexibility index (Phi) is 11.8. The number of benzene rings is 1. The Hall–Kier alpha value is -1.02. The van der Waals surface area contributed by atoms with Gasteiger partial charge in [-0.25, -0.2) is 0 Å². The summed E-state index contributed by atoms with van der Waals surface area (Å²) in [6.07, 6.45) is 20.8. The van der Waals surface area contributed by atoms with Gasteiger partial charge >= 0.3 is 0 Å². The van der Waals surface area contributed by atoms with Crippen molar-refractivity contribution in [2.45, 2.75) is 129 Å². The summed E-state index contributed by atoms with van der Waals surface area (Å²) < 4.78 is 11.9. The Bertz CT molecular complexity index is 513. The van der Waals surface area contributed by atoms with Crippen LogP contribution >= 0.6 is 0 Å². The minimum Gasteiger partial charge on any atom is -0.460 e. The molecular formula is C27H46O2. The molecule has 0 N–H and O–H groups in total. The zero-order valence-corrected chi connectivity index (χ0v) is 19.5. The first-order valence-corrected chi connectivity index (χ1v) is 12.5. The summed E-state index contributed by atoms with van der Waals surface area (Å²) >= 11 is 0. The Labute approximate surface area is 180 Å². The van der Waals surface area contributed by atoms with Crippen LogP contribution in [0.25, 0.3) is 0 Å². The van der Waals surface area contributed by atoms with E-state index >= 15 is 0 Å². The van der Waals surface area contributed by atoms with Gasteiger partial charge in [0.2, 0.25) is 5.79 Å². The maximum atomic E-state index is 6.13. The van der Waals surface area contributed by atoms with Gasteiger partial charge < -0.3 is 9.47 Å². The molecule has 1 aromatic carbocycles. The van der Waals surface area contributed by atoms with E-state index in [1.165, 1.54) is 89.9 Å². The Balaban J connectivity index is 1.36. The molecule has 0 saturated carbocycles. The molecule has 2 nitrogen and oxygen atoms in total. The van der Waals surface area contributed by atoms with Gasteiger partial charge in [-0.15, -0.1) is 0 Å². The lowest BCUT2D eigenvalue weighted by Gasteiger charge is -2.15. The molecule has 1 heterocycles. The van der Waals surface area contributed by atoms with Crippen LogP contribution in [-0.2, 0) is 4.74 Å². The lowest BCUT2D eigenvalue weighted by molar-refractivity contribution is 0.0512. The predicted molar refractivity (Wildman–Crippen MR) is 124 cm³/mol. The SMILES string of the molecule is CC(C)CCCCCCCCCCCCCCCC1(Oc2ccccc2)OC1C. The molecule has 0 aromatic heterocycles. The van der Waals surface area contributed by atoms with Crippen LogP contribution in [0.5, 0.6) is 5.75 Å². The van der Waals surface area contributed by atoms with E-state index in [4.69, 9.17) is 9.47 Å². The van der Waals surface area contributed by atoms with Crippen LogP contribution in [0.15, 0.2) is 30.3 Å². The van der Waals surface area contributed by atoms with Crippen LogP contribution in [0.3, 0.4) is 0 Å². The maximum absolute atomic E-state index is 6.13. The minimum absolute atomic E-state index is 0.220. The van der Waals surface area contributed by atoms with Gasteiger partial charge in [0.15, 0.2) is 0 Å². The number of unbranched alkanes of at least 4 members (excludes halogenated alkanes) is 12. The monoisotopic (exact) mass is 402 g/mol. The average Bonchev–Trinajstić information content (AvgIpc) is 3.34. The Morgan fingerprint density at radius 3 is 1.66 bits per heavy atom. The maximum Gasteiger partial charge on any atom is 0.237 e. The molecule has 1 aliphatic heterocycles. The van der Waals surface area contributed by atoms with Crippen molar-refractivity contribution in [3.8, 4) is 5.75 Å². The highest BCUT2D eigenvalue weighted by Crippen LogP contribution is 2.42. The second-order valence-corrected chi connectivity index (χ2v) is 9.52. The highest BCUT2D eigenvalue weighted by Gasteiger charge is 2.55. The lowest BCUT2D eigenvalue weighted by Crippen LogP contribution is -2.22. The van der Waals surface area contributed by atoms with Gasteiger partial charge in [0, 0.05) is 6.42 Å². The molecule has 2 heteroatoms. The van der Waals surface area contributed by atoms with E-state index in [1.54, 1.807) is 0 Å². The van der Waals surface area contributed by atoms with E-state index in [0.717, 1.165) is 18.1 Å². The highest BCUT2D eigenvalue weighted by molar-refractivity contribution is 5.22. The molecule has 0 radical (unpaired) electrons. The fraction of sp³-hybridized carbons (Fsp3) is 0.778.